The number of thioether (sulfide) groups is 1. The summed E-state index contributed by atoms with van der Waals surface area (Å²) in [6.45, 7) is 3.76. The van der Waals surface area contributed by atoms with Crippen LogP contribution in [0.4, 0.5) is 0 Å². The number of amides is 1. The standard InChI is InChI=1S/C20H20BrN3O3S/c1-13(18(25)23-8-2-3-9-23)28-20-22-17-7-6-14(21)11-16(17)19(26)24(20)12-15-5-4-10-27-15/h4-7,10-11,13H,2-3,8-9,12H2,1H3. The Labute approximate surface area is 175 Å². The van der Waals surface area contributed by atoms with Crippen molar-refractivity contribution < 1.29 is 9.21 Å². The zero-order valence-electron chi connectivity index (χ0n) is 15.4. The second-order valence-electron chi connectivity index (χ2n) is 6.82. The summed E-state index contributed by atoms with van der Waals surface area (Å²) in [5.74, 6) is 0.760. The topological polar surface area (TPSA) is 68.3 Å². The van der Waals surface area contributed by atoms with E-state index in [1.807, 2.05) is 30.0 Å². The smallest absolute Gasteiger partial charge is 0.262 e. The highest BCUT2D eigenvalue weighted by molar-refractivity contribution is 9.10. The zero-order chi connectivity index (χ0) is 19.7. The van der Waals surface area contributed by atoms with E-state index in [-0.39, 0.29) is 23.3 Å². The van der Waals surface area contributed by atoms with Crippen LogP contribution in [0.25, 0.3) is 10.9 Å². The molecule has 1 fully saturated rings. The third kappa shape index (κ3) is 3.89. The molecule has 1 atom stereocenters. The van der Waals surface area contributed by atoms with Gasteiger partial charge in [0.1, 0.15) is 5.76 Å². The van der Waals surface area contributed by atoms with Crippen LogP contribution in [0.5, 0.6) is 0 Å². The number of fused-ring (bicyclic) bond motifs is 1. The van der Waals surface area contributed by atoms with Crippen LogP contribution in [0.3, 0.4) is 0 Å². The summed E-state index contributed by atoms with van der Waals surface area (Å²) in [5, 5.41) is 0.737. The van der Waals surface area contributed by atoms with Gasteiger partial charge in [-0.2, -0.15) is 0 Å². The van der Waals surface area contributed by atoms with Gasteiger partial charge < -0.3 is 9.32 Å². The maximum absolute atomic E-state index is 13.2. The van der Waals surface area contributed by atoms with Gasteiger partial charge in [-0.1, -0.05) is 27.7 Å². The number of furan rings is 1. The maximum atomic E-state index is 13.2. The highest BCUT2D eigenvalue weighted by atomic mass is 79.9. The highest BCUT2D eigenvalue weighted by Gasteiger charge is 2.26. The molecular formula is C20H20BrN3O3S. The van der Waals surface area contributed by atoms with E-state index in [1.165, 1.54) is 11.8 Å². The molecule has 0 saturated carbocycles. The molecule has 146 valence electrons. The zero-order valence-corrected chi connectivity index (χ0v) is 17.8. The van der Waals surface area contributed by atoms with E-state index in [0.29, 0.717) is 21.8 Å². The number of aromatic nitrogens is 2. The van der Waals surface area contributed by atoms with Gasteiger partial charge in [0.05, 0.1) is 29.0 Å². The fourth-order valence-electron chi connectivity index (χ4n) is 3.36. The summed E-state index contributed by atoms with van der Waals surface area (Å²) in [6, 6.07) is 9.06. The van der Waals surface area contributed by atoms with Gasteiger partial charge in [-0.15, -0.1) is 0 Å². The van der Waals surface area contributed by atoms with Crippen LogP contribution in [0, 0.1) is 0 Å². The molecule has 1 aliphatic rings. The van der Waals surface area contributed by atoms with Crippen LogP contribution in [0.2, 0.25) is 0 Å². The Morgan fingerprint density at radius 3 is 2.82 bits per heavy atom. The first-order valence-corrected chi connectivity index (χ1v) is 10.9. The molecule has 1 unspecified atom stereocenters. The number of benzene rings is 1. The number of carbonyl (C=O) groups is 1. The van der Waals surface area contributed by atoms with E-state index < -0.39 is 0 Å². The second-order valence-corrected chi connectivity index (χ2v) is 9.04. The largest absolute Gasteiger partial charge is 0.467 e. The second kappa shape index (κ2) is 8.13. The predicted molar refractivity (Wildman–Crippen MR) is 113 cm³/mol. The van der Waals surface area contributed by atoms with Crippen molar-refractivity contribution in [1.82, 2.24) is 14.5 Å². The quantitative estimate of drug-likeness (QED) is 0.425. The van der Waals surface area contributed by atoms with Crippen molar-refractivity contribution in [3.8, 4) is 0 Å². The van der Waals surface area contributed by atoms with Gasteiger partial charge in [0.25, 0.3) is 5.56 Å². The van der Waals surface area contributed by atoms with Crippen molar-refractivity contribution in [3.63, 3.8) is 0 Å². The van der Waals surface area contributed by atoms with Gasteiger partial charge in [0, 0.05) is 17.6 Å². The minimum atomic E-state index is -0.319. The van der Waals surface area contributed by atoms with E-state index in [2.05, 4.69) is 15.9 Å². The minimum absolute atomic E-state index is 0.0946. The average Bonchev–Trinajstić information content (AvgIpc) is 3.39. The monoisotopic (exact) mass is 461 g/mol. The molecule has 0 radical (unpaired) electrons. The van der Waals surface area contributed by atoms with Crippen LogP contribution >= 0.6 is 27.7 Å². The summed E-state index contributed by atoms with van der Waals surface area (Å²) < 4.78 is 7.85. The number of carbonyl (C=O) groups excluding carboxylic acids is 1. The lowest BCUT2D eigenvalue weighted by atomic mass is 10.2. The number of likely N-dealkylation sites (tertiary alicyclic amines) is 1. The lowest BCUT2D eigenvalue weighted by molar-refractivity contribution is -0.129. The summed E-state index contributed by atoms with van der Waals surface area (Å²) in [4.78, 5) is 32.5. The first-order valence-electron chi connectivity index (χ1n) is 9.21. The van der Waals surface area contributed by atoms with Crippen molar-refractivity contribution in [3.05, 3.63) is 57.2 Å². The first-order chi connectivity index (χ1) is 13.5. The van der Waals surface area contributed by atoms with Gasteiger partial charge in [0.2, 0.25) is 5.91 Å². The van der Waals surface area contributed by atoms with E-state index in [9.17, 15) is 9.59 Å². The lowest BCUT2D eigenvalue weighted by Gasteiger charge is -2.21. The van der Waals surface area contributed by atoms with E-state index >= 15 is 0 Å². The Bertz CT molecular complexity index is 1060. The number of hydrogen-bond donors (Lipinski definition) is 0. The Hall–Kier alpha value is -2.06. The van der Waals surface area contributed by atoms with Crippen molar-refractivity contribution in [1.29, 1.82) is 0 Å². The maximum Gasteiger partial charge on any atom is 0.262 e. The van der Waals surface area contributed by atoms with Gasteiger partial charge in [-0.05, 0) is 50.1 Å². The van der Waals surface area contributed by atoms with Gasteiger partial charge in [0.15, 0.2) is 5.16 Å². The normalized spacial score (nSPS) is 15.3. The van der Waals surface area contributed by atoms with Crippen LogP contribution in [0.1, 0.15) is 25.5 Å². The Kier molecular flexibility index (Phi) is 5.59. The number of hydrogen-bond acceptors (Lipinski definition) is 5. The molecule has 1 aromatic carbocycles. The summed E-state index contributed by atoms with van der Waals surface area (Å²) in [5.41, 5.74) is 0.471. The van der Waals surface area contributed by atoms with Crippen LogP contribution < -0.4 is 5.56 Å². The van der Waals surface area contributed by atoms with Crippen molar-refractivity contribution in [2.75, 3.05) is 13.1 Å². The molecule has 28 heavy (non-hydrogen) atoms. The Balaban J connectivity index is 1.73. The number of halogens is 1. The van der Waals surface area contributed by atoms with Crippen LogP contribution in [-0.4, -0.2) is 38.7 Å². The van der Waals surface area contributed by atoms with E-state index in [0.717, 1.165) is 30.4 Å². The van der Waals surface area contributed by atoms with Crippen LogP contribution in [0.15, 0.2) is 55.4 Å². The molecule has 1 amide bonds. The summed E-state index contributed by atoms with van der Waals surface area (Å²) in [6.07, 6.45) is 3.68. The molecule has 2 aromatic heterocycles. The molecule has 4 rings (SSSR count). The van der Waals surface area contributed by atoms with Crippen molar-refractivity contribution >= 4 is 44.5 Å². The fraction of sp³-hybridized carbons (Fsp3) is 0.350. The molecular weight excluding hydrogens is 442 g/mol. The van der Waals surface area contributed by atoms with E-state index in [1.54, 1.807) is 23.0 Å². The third-order valence-corrected chi connectivity index (χ3v) is 6.39. The molecule has 0 aliphatic carbocycles. The molecule has 3 aromatic rings. The summed E-state index contributed by atoms with van der Waals surface area (Å²) in [7, 11) is 0. The molecule has 0 N–H and O–H groups in total. The Morgan fingerprint density at radius 2 is 2.11 bits per heavy atom. The molecule has 1 aliphatic heterocycles. The molecule has 6 nitrogen and oxygen atoms in total. The lowest BCUT2D eigenvalue weighted by Crippen LogP contribution is -2.34. The molecule has 3 heterocycles. The minimum Gasteiger partial charge on any atom is -0.467 e. The molecule has 0 spiro atoms. The first kappa shape index (κ1) is 19.3. The fourth-order valence-corrected chi connectivity index (χ4v) is 4.72. The van der Waals surface area contributed by atoms with Gasteiger partial charge in [-0.3, -0.25) is 14.2 Å². The van der Waals surface area contributed by atoms with Crippen LogP contribution in [-0.2, 0) is 11.3 Å². The average molecular weight is 462 g/mol. The van der Waals surface area contributed by atoms with Gasteiger partial charge in [-0.25, -0.2) is 4.98 Å². The number of nitrogens with zero attached hydrogens (tertiary/aromatic N) is 3. The molecule has 0 bridgehead atoms. The molecule has 1 saturated heterocycles. The predicted octanol–water partition coefficient (Wildman–Crippen LogP) is 3.90. The Morgan fingerprint density at radius 1 is 1.32 bits per heavy atom. The van der Waals surface area contributed by atoms with E-state index in [4.69, 9.17) is 9.40 Å². The third-order valence-electron chi connectivity index (χ3n) is 4.82. The molecule has 8 heteroatoms. The highest BCUT2D eigenvalue weighted by Crippen LogP contribution is 2.26. The van der Waals surface area contributed by atoms with Crippen molar-refractivity contribution in [2.24, 2.45) is 0 Å². The number of rotatable bonds is 5. The SMILES string of the molecule is CC(Sc1nc2ccc(Br)cc2c(=O)n1Cc1ccco1)C(=O)N1CCCC1. The van der Waals surface area contributed by atoms with Crippen molar-refractivity contribution in [2.45, 2.75) is 36.7 Å². The van der Waals surface area contributed by atoms with Gasteiger partial charge >= 0.3 is 0 Å². The summed E-state index contributed by atoms with van der Waals surface area (Å²) >= 11 is 4.74.